The largest absolute Gasteiger partial charge is 0.398 e. The van der Waals surface area contributed by atoms with Crippen molar-refractivity contribution in [3.63, 3.8) is 0 Å². The molecule has 2 nitrogen and oxygen atoms in total. The SMILES string of the molecule is Nc1cc(F)ccc1C(=O)C1CCCCCC1. The van der Waals surface area contributed by atoms with E-state index >= 15 is 0 Å². The number of halogens is 1. The molecule has 3 heteroatoms. The number of nitrogen functional groups attached to an aromatic ring is 1. The first-order chi connectivity index (χ1) is 8.18. The monoisotopic (exact) mass is 235 g/mol. The summed E-state index contributed by atoms with van der Waals surface area (Å²) in [6.07, 6.45) is 6.52. The van der Waals surface area contributed by atoms with Gasteiger partial charge in [-0.05, 0) is 31.0 Å². The molecule has 0 heterocycles. The molecule has 1 aromatic carbocycles. The maximum absolute atomic E-state index is 12.9. The summed E-state index contributed by atoms with van der Waals surface area (Å²) < 4.78 is 12.9. The Bertz CT molecular complexity index is 409. The Morgan fingerprint density at radius 1 is 1.18 bits per heavy atom. The second kappa shape index (κ2) is 5.30. The van der Waals surface area contributed by atoms with Crippen LogP contribution in [0.15, 0.2) is 18.2 Å². The number of hydrogen-bond acceptors (Lipinski definition) is 2. The lowest BCUT2D eigenvalue weighted by atomic mass is 9.90. The molecular weight excluding hydrogens is 217 g/mol. The molecule has 2 rings (SSSR count). The van der Waals surface area contributed by atoms with Gasteiger partial charge in [-0.2, -0.15) is 0 Å². The second-order valence-corrected chi connectivity index (χ2v) is 4.78. The van der Waals surface area contributed by atoms with Crippen LogP contribution in [0.25, 0.3) is 0 Å². The average Bonchev–Trinajstić information content (AvgIpc) is 2.56. The predicted octanol–water partition coefficient (Wildman–Crippen LogP) is 3.56. The van der Waals surface area contributed by atoms with Crippen molar-refractivity contribution in [3.8, 4) is 0 Å². The summed E-state index contributed by atoms with van der Waals surface area (Å²) in [6.45, 7) is 0. The molecule has 1 fully saturated rings. The fraction of sp³-hybridized carbons (Fsp3) is 0.500. The van der Waals surface area contributed by atoms with Crippen molar-refractivity contribution in [1.29, 1.82) is 0 Å². The van der Waals surface area contributed by atoms with E-state index in [-0.39, 0.29) is 23.2 Å². The van der Waals surface area contributed by atoms with Gasteiger partial charge in [0, 0.05) is 17.2 Å². The van der Waals surface area contributed by atoms with Crippen molar-refractivity contribution in [3.05, 3.63) is 29.6 Å². The normalized spacial score (nSPS) is 17.7. The molecule has 2 N–H and O–H groups in total. The number of benzene rings is 1. The summed E-state index contributed by atoms with van der Waals surface area (Å²) in [4.78, 5) is 12.3. The lowest BCUT2D eigenvalue weighted by Gasteiger charge is -2.14. The number of anilines is 1. The van der Waals surface area contributed by atoms with Gasteiger partial charge in [0.1, 0.15) is 5.82 Å². The summed E-state index contributed by atoms with van der Waals surface area (Å²) in [5.74, 6) is -0.227. The molecule has 0 radical (unpaired) electrons. The van der Waals surface area contributed by atoms with Gasteiger partial charge >= 0.3 is 0 Å². The van der Waals surface area contributed by atoms with Crippen LogP contribution in [-0.2, 0) is 0 Å². The van der Waals surface area contributed by atoms with Gasteiger partial charge in [-0.1, -0.05) is 25.7 Å². The number of carbonyl (C=O) groups is 1. The minimum Gasteiger partial charge on any atom is -0.398 e. The van der Waals surface area contributed by atoms with Gasteiger partial charge in [0.05, 0.1) is 0 Å². The van der Waals surface area contributed by atoms with E-state index in [9.17, 15) is 9.18 Å². The van der Waals surface area contributed by atoms with Crippen LogP contribution in [0.4, 0.5) is 10.1 Å². The van der Waals surface area contributed by atoms with Crippen LogP contribution in [0.5, 0.6) is 0 Å². The Morgan fingerprint density at radius 3 is 2.41 bits per heavy atom. The van der Waals surface area contributed by atoms with Gasteiger partial charge in [-0.15, -0.1) is 0 Å². The highest BCUT2D eigenvalue weighted by atomic mass is 19.1. The van der Waals surface area contributed by atoms with Crippen molar-refractivity contribution in [1.82, 2.24) is 0 Å². The van der Waals surface area contributed by atoms with Crippen molar-refractivity contribution in [2.75, 3.05) is 5.73 Å². The highest BCUT2D eigenvalue weighted by molar-refractivity contribution is 6.02. The van der Waals surface area contributed by atoms with Gasteiger partial charge in [-0.25, -0.2) is 4.39 Å². The summed E-state index contributed by atoms with van der Waals surface area (Å²) in [5, 5.41) is 0. The van der Waals surface area contributed by atoms with Crippen LogP contribution in [0.1, 0.15) is 48.9 Å². The summed E-state index contributed by atoms with van der Waals surface area (Å²) in [7, 11) is 0. The number of Topliss-reactive ketones (excluding diaryl/α,β-unsaturated/α-hetero) is 1. The molecule has 0 amide bonds. The summed E-state index contributed by atoms with van der Waals surface area (Å²) in [5.41, 5.74) is 6.45. The third kappa shape index (κ3) is 2.84. The highest BCUT2D eigenvalue weighted by Gasteiger charge is 2.22. The van der Waals surface area contributed by atoms with Crippen molar-refractivity contribution in [2.24, 2.45) is 5.92 Å². The van der Waals surface area contributed by atoms with Crippen LogP contribution in [0.3, 0.4) is 0 Å². The van der Waals surface area contributed by atoms with E-state index < -0.39 is 0 Å². The smallest absolute Gasteiger partial charge is 0.168 e. The number of hydrogen-bond donors (Lipinski definition) is 1. The van der Waals surface area contributed by atoms with Crippen LogP contribution < -0.4 is 5.73 Å². The van der Waals surface area contributed by atoms with Gasteiger partial charge in [0.2, 0.25) is 0 Å². The molecule has 0 saturated heterocycles. The second-order valence-electron chi connectivity index (χ2n) is 4.78. The first kappa shape index (κ1) is 12.1. The maximum Gasteiger partial charge on any atom is 0.168 e. The van der Waals surface area contributed by atoms with E-state index in [1.807, 2.05) is 0 Å². The molecule has 0 unspecified atom stereocenters. The first-order valence-corrected chi connectivity index (χ1v) is 6.27. The first-order valence-electron chi connectivity index (χ1n) is 6.27. The minimum atomic E-state index is -0.389. The lowest BCUT2D eigenvalue weighted by Crippen LogP contribution is -2.15. The van der Waals surface area contributed by atoms with E-state index in [0.29, 0.717) is 5.56 Å². The third-order valence-electron chi connectivity index (χ3n) is 3.51. The van der Waals surface area contributed by atoms with E-state index in [1.54, 1.807) is 0 Å². The Labute approximate surface area is 101 Å². The average molecular weight is 235 g/mol. The quantitative estimate of drug-likeness (QED) is 0.484. The highest BCUT2D eigenvalue weighted by Crippen LogP contribution is 2.28. The fourth-order valence-corrected chi connectivity index (χ4v) is 2.52. The molecule has 17 heavy (non-hydrogen) atoms. The van der Waals surface area contributed by atoms with E-state index in [0.717, 1.165) is 25.7 Å². The molecule has 1 saturated carbocycles. The zero-order chi connectivity index (χ0) is 12.3. The summed E-state index contributed by atoms with van der Waals surface area (Å²) in [6, 6.07) is 4.04. The fourth-order valence-electron chi connectivity index (χ4n) is 2.52. The maximum atomic E-state index is 12.9. The molecular formula is C14H18FNO. The third-order valence-corrected chi connectivity index (χ3v) is 3.51. The van der Waals surface area contributed by atoms with Crippen LogP contribution in [0.2, 0.25) is 0 Å². The number of ketones is 1. The number of rotatable bonds is 2. The van der Waals surface area contributed by atoms with Crippen molar-refractivity contribution in [2.45, 2.75) is 38.5 Å². The van der Waals surface area contributed by atoms with Crippen molar-refractivity contribution < 1.29 is 9.18 Å². The molecule has 1 aliphatic carbocycles. The Morgan fingerprint density at radius 2 is 1.82 bits per heavy atom. The van der Waals surface area contributed by atoms with E-state index in [1.165, 1.54) is 31.0 Å². The zero-order valence-electron chi connectivity index (χ0n) is 9.92. The van der Waals surface area contributed by atoms with E-state index in [4.69, 9.17) is 5.73 Å². The van der Waals surface area contributed by atoms with Crippen LogP contribution >= 0.6 is 0 Å². The zero-order valence-corrected chi connectivity index (χ0v) is 9.92. The molecule has 1 aliphatic rings. The van der Waals surface area contributed by atoms with Gasteiger partial charge in [-0.3, -0.25) is 4.79 Å². The molecule has 0 spiro atoms. The van der Waals surface area contributed by atoms with Gasteiger partial charge in [0.15, 0.2) is 5.78 Å². The Balaban J connectivity index is 2.17. The number of nitrogens with two attached hydrogens (primary N) is 1. The van der Waals surface area contributed by atoms with E-state index in [2.05, 4.69) is 0 Å². The van der Waals surface area contributed by atoms with Gasteiger partial charge < -0.3 is 5.73 Å². The van der Waals surface area contributed by atoms with Crippen molar-refractivity contribution >= 4 is 11.5 Å². The summed E-state index contributed by atoms with van der Waals surface area (Å²) >= 11 is 0. The minimum absolute atomic E-state index is 0.0743. The molecule has 0 atom stereocenters. The molecule has 0 aliphatic heterocycles. The van der Waals surface area contributed by atoms with Gasteiger partial charge in [0.25, 0.3) is 0 Å². The van der Waals surface area contributed by atoms with Crippen LogP contribution in [-0.4, -0.2) is 5.78 Å². The molecule has 0 bridgehead atoms. The lowest BCUT2D eigenvalue weighted by molar-refractivity contribution is 0.0909. The predicted molar refractivity (Wildman–Crippen MR) is 66.3 cm³/mol. The molecule has 92 valence electrons. The standard InChI is InChI=1S/C14H18FNO/c15-11-7-8-12(13(16)9-11)14(17)10-5-3-1-2-4-6-10/h7-10H,1-6,16H2. The van der Waals surface area contributed by atoms with Crippen LogP contribution in [0, 0.1) is 11.7 Å². The molecule has 0 aromatic heterocycles. The molecule has 1 aromatic rings. The Kier molecular flexibility index (Phi) is 3.77. The number of carbonyl (C=O) groups excluding carboxylic acids is 1. The topological polar surface area (TPSA) is 43.1 Å². The Hall–Kier alpha value is -1.38.